The van der Waals surface area contributed by atoms with E-state index in [1.54, 1.807) is 0 Å². The first-order valence-corrected chi connectivity index (χ1v) is 7.41. The van der Waals surface area contributed by atoms with Crippen molar-refractivity contribution in [2.24, 2.45) is 0 Å². The van der Waals surface area contributed by atoms with Crippen LogP contribution < -0.4 is 5.32 Å². The summed E-state index contributed by atoms with van der Waals surface area (Å²) in [6, 6.07) is 0. The number of aliphatic hydroxyl groups excluding tert-OH is 1. The summed E-state index contributed by atoms with van der Waals surface area (Å²) in [6.45, 7) is 8.70. The van der Waals surface area contributed by atoms with Crippen LogP contribution in [0.1, 0.15) is 39.0 Å². The number of hydrogen-bond donors (Lipinski definition) is 2. The normalized spacial score (nSPS) is 18.4. The highest BCUT2D eigenvalue weighted by atomic mass is 16.5. The molecule has 4 nitrogen and oxygen atoms in total. The van der Waals surface area contributed by atoms with Crippen LogP contribution in [0, 0.1) is 0 Å². The highest BCUT2D eigenvalue weighted by Gasteiger charge is 2.15. The molecule has 112 valence electrons. The van der Waals surface area contributed by atoms with Crippen LogP contribution in [0.15, 0.2) is 12.2 Å². The highest BCUT2D eigenvalue weighted by Crippen LogP contribution is 2.20. The molecule has 0 radical (unpaired) electrons. The fourth-order valence-corrected chi connectivity index (χ4v) is 2.20. The SMILES string of the molecule is C=C(C)COCCNCC(O)COC1CCCCC1. The van der Waals surface area contributed by atoms with E-state index in [0.717, 1.165) is 25.0 Å². The van der Waals surface area contributed by atoms with Crippen LogP contribution in [0.3, 0.4) is 0 Å². The molecule has 1 rings (SSSR count). The van der Waals surface area contributed by atoms with Gasteiger partial charge in [0.1, 0.15) is 0 Å². The molecule has 2 N–H and O–H groups in total. The summed E-state index contributed by atoms with van der Waals surface area (Å²) in [5.41, 5.74) is 1.03. The lowest BCUT2D eigenvalue weighted by Gasteiger charge is -2.23. The summed E-state index contributed by atoms with van der Waals surface area (Å²) in [5, 5.41) is 12.9. The van der Waals surface area contributed by atoms with E-state index in [9.17, 15) is 5.11 Å². The molecule has 1 fully saturated rings. The van der Waals surface area contributed by atoms with E-state index in [-0.39, 0.29) is 0 Å². The molecule has 0 bridgehead atoms. The predicted octanol–water partition coefficient (Wildman–Crippen LogP) is 1.88. The molecule has 1 unspecified atom stereocenters. The summed E-state index contributed by atoms with van der Waals surface area (Å²) < 4.78 is 11.1. The van der Waals surface area contributed by atoms with Crippen molar-refractivity contribution < 1.29 is 14.6 Å². The molecular formula is C15H29NO3. The Balaban J connectivity index is 1.89. The molecule has 1 saturated carbocycles. The van der Waals surface area contributed by atoms with E-state index in [0.29, 0.717) is 32.5 Å². The molecule has 1 aliphatic carbocycles. The first kappa shape index (κ1) is 16.6. The maximum atomic E-state index is 9.78. The third kappa shape index (κ3) is 9.16. The Morgan fingerprint density at radius 2 is 2.11 bits per heavy atom. The molecule has 0 heterocycles. The van der Waals surface area contributed by atoms with Crippen LogP contribution in [0.2, 0.25) is 0 Å². The molecule has 0 aromatic rings. The van der Waals surface area contributed by atoms with Crippen LogP contribution >= 0.6 is 0 Å². The van der Waals surface area contributed by atoms with Gasteiger partial charge in [0.2, 0.25) is 0 Å². The lowest BCUT2D eigenvalue weighted by Crippen LogP contribution is -2.34. The minimum atomic E-state index is -0.428. The van der Waals surface area contributed by atoms with Gasteiger partial charge in [0.05, 0.1) is 32.0 Å². The second-order valence-electron chi connectivity index (χ2n) is 5.46. The molecule has 0 aromatic carbocycles. The Bertz CT molecular complexity index is 240. The molecule has 1 atom stereocenters. The van der Waals surface area contributed by atoms with E-state index in [1.807, 2.05) is 6.92 Å². The Morgan fingerprint density at radius 1 is 1.37 bits per heavy atom. The van der Waals surface area contributed by atoms with Crippen LogP contribution in [-0.4, -0.2) is 50.2 Å². The molecule has 0 spiro atoms. The minimum Gasteiger partial charge on any atom is -0.389 e. The van der Waals surface area contributed by atoms with Gasteiger partial charge in [-0.05, 0) is 19.8 Å². The molecule has 0 saturated heterocycles. The Morgan fingerprint density at radius 3 is 2.79 bits per heavy atom. The third-order valence-corrected chi connectivity index (χ3v) is 3.23. The molecule has 1 aliphatic rings. The van der Waals surface area contributed by atoms with Gasteiger partial charge in [0.25, 0.3) is 0 Å². The highest BCUT2D eigenvalue weighted by molar-refractivity contribution is 4.87. The number of hydrogen-bond acceptors (Lipinski definition) is 4. The Kier molecular flexibility index (Phi) is 9.08. The Hall–Kier alpha value is -0.420. The number of nitrogens with one attached hydrogen (secondary N) is 1. The summed E-state index contributed by atoms with van der Waals surface area (Å²) in [4.78, 5) is 0. The monoisotopic (exact) mass is 271 g/mol. The number of aliphatic hydroxyl groups is 1. The first-order chi connectivity index (χ1) is 9.18. The summed E-state index contributed by atoms with van der Waals surface area (Å²) in [7, 11) is 0. The zero-order valence-corrected chi connectivity index (χ0v) is 12.2. The van der Waals surface area contributed by atoms with Crippen molar-refractivity contribution in [2.45, 2.75) is 51.2 Å². The minimum absolute atomic E-state index is 0.363. The van der Waals surface area contributed by atoms with E-state index in [2.05, 4.69) is 11.9 Å². The lowest BCUT2D eigenvalue weighted by molar-refractivity contribution is -0.0232. The quantitative estimate of drug-likeness (QED) is 0.470. The van der Waals surface area contributed by atoms with E-state index < -0.39 is 6.10 Å². The smallest absolute Gasteiger partial charge is 0.0897 e. The van der Waals surface area contributed by atoms with Gasteiger partial charge < -0.3 is 19.9 Å². The van der Waals surface area contributed by atoms with Crippen LogP contribution in [0.25, 0.3) is 0 Å². The van der Waals surface area contributed by atoms with Gasteiger partial charge in [-0.1, -0.05) is 31.4 Å². The summed E-state index contributed by atoms with van der Waals surface area (Å²) in [6.07, 6.45) is 6.08. The lowest BCUT2D eigenvalue weighted by atomic mass is 9.98. The van der Waals surface area contributed by atoms with Crippen molar-refractivity contribution in [3.63, 3.8) is 0 Å². The molecular weight excluding hydrogens is 242 g/mol. The van der Waals surface area contributed by atoms with Crippen molar-refractivity contribution in [2.75, 3.05) is 32.9 Å². The predicted molar refractivity (Wildman–Crippen MR) is 77.3 cm³/mol. The molecule has 0 aliphatic heterocycles. The fourth-order valence-electron chi connectivity index (χ4n) is 2.20. The van der Waals surface area contributed by atoms with Crippen molar-refractivity contribution in [1.82, 2.24) is 5.32 Å². The second kappa shape index (κ2) is 10.4. The van der Waals surface area contributed by atoms with Gasteiger partial charge in [0.15, 0.2) is 0 Å². The van der Waals surface area contributed by atoms with Gasteiger partial charge in [0, 0.05) is 13.1 Å². The van der Waals surface area contributed by atoms with E-state index in [4.69, 9.17) is 9.47 Å². The van der Waals surface area contributed by atoms with Gasteiger partial charge in [-0.15, -0.1) is 0 Å². The largest absolute Gasteiger partial charge is 0.389 e. The van der Waals surface area contributed by atoms with Crippen molar-refractivity contribution >= 4 is 0 Å². The number of rotatable bonds is 10. The standard InChI is InChI=1S/C15H29NO3/c1-13(2)11-18-9-8-16-10-14(17)12-19-15-6-4-3-5-7-15/h14-17H,1,3-12H2,2H3. The average molecular weight is 271 g/mol. The van der Waals surface area contributed by atoms with Crippen LogP contribution in [-0.2, 0) is 9.47 Å². The zero-order valence-electron chi connectivity index (χ0n) is 12.2. The van der Waals surface area contributed by atoms with Crippen molar-refractivity contribution in [3.05, 3.63) is 12.2 Å². The topological polar surface area (TPSA) is 50.7 Å². The molecule has 0 aromatic heterocycles. The first-order valence-electron chi connectivity index (χ1n) is 7.41. The van der Waals surface area contributed by atoms with Crippen molar-refractivity contribution in [1.29, 1.82) is 0 Å². The van der Waals surface area contributed by atoms with Crippen LogP contribution in [0.4, 0.5) is 0 Å². The molecule has 4 heteroatoms. The fraction of sp³-hybridized carbons (Fsp3) is 0.867. The molecule has 19 heavy (non-hydrogen) atoms. The van der Waals surface area contributed by atoms with Gasteiger partial charge in [-0.2, -0.15) is 0 Å². The molecule has 0 amide bonds. The van der Waals surface area contributed by atoms with Crippen molar-refractivity contribution in [3.8, 4) is 0 Å². The zero-order chi connectivity index (χ0) is 13.9. The number of ether oxygens (including phenoxy) is 2. The maximum absolute atomic E-state index is 9.78. The Labute approximate surface area is 117 Å². The van der Waals surface area contributed by atoms with Gasteiger partial charge in [-0.3, -0.25) is 0 Å². The second-order valence-corrected chi connectivity index (χ2v) is 5.46. The van der Waals surface area contributed by atoms with Crippen LogP contribution in [0.5, 0.6) is 0 Å². The van der Waals surface area contributed by atoms with E-state index in [1.165, 1.54) is 19.3 Å². The van der Waals surface area contributed by atoms with Gasteiger partial charge in [-0.25, -0.2) is 0 Å². The summed E-state index contributed by atoms with van der Waals surface area (Å²) in [5.74, 6) is 0. The third-order valence-electron chi connectivity index (χ3n) is 3.23. The van der Waals surface area contributed by atoms with E-state index >= 15 is 0 Å². The average Bonchev–Trinajstić information content (AvgIpc) is 2.41. The maximum Gasteiger partial charge on any atom is 0.0897 e. The van der Waals surface area contributed by atoms with Gasteiger partial charge >= 0.3 is 0 Å². The summed E-state index contributed by atoms with van der Waals surface area (Å²) >= 11 is 0.